The zero-order chi connectivity index (χ0) is 16.3. The fourth-order valence-electron chi connectivity index (χ4n) is 1.86. The third-order valence-corrected chi connectivity index (χ3v) is 4.24. The first-order valence-corrected chi connectivity index (χ1v) is 8.92. The molecule has 0 heterocycles. The van der Waals surface area contributed by atoms with Crippen LogP contribution in [0.25, 0.3) is 0 Å². The van der Waals surface area contributed by atoms with Crippen molar-refractivity contribution in [2.24, 2.45) is 5.16 Å². The summed E-state index contributed by atoms with van der Waals surface area (Å²) in [6.07, 6.45) is 5.41. The lowest BCUT2D eigenvalue weighted by atomic mass is 10.1. The number of hydrogen-bond donors (Lipinski definition) is 0. The van der Waals surface area contributed by atoms with E-state index in [-0.39, 0.29) is 4.90 Å². The van der Waals surface area contributed by atoms with Crippen molar-refractivity contribution in [1.82, 2.24) is 0 Å². The minimum Gasteiger partial charge on any atom is -0.265 e. The van der Waals surface area contributed by atoms with Gasteiger partial charge in [0.05, 0.1) is 11.8 Å². The third kappa shape index (κ3) is 6.72. The Morgan fingerprint density at radius 1 is 1.18 bits per heavy atom. The van der Waals surface area contributed by atoms with Gasteiger partial charge in [0, 0.05) is 6.42 Å². The highest BCUT2D eigenvalue weighted by molar-refractivity contribution is 7.86. The van der Waals surface area contributed by atoms with Crippen molar-refractivity contribution in [3.05, 3.63) is 30.3 Å². The van der Waals surface area contributed by atoms with E-state index in [1.165, 1.54) is 12.1 Å². The Balaban J connectivity index is 2.68. The number of nitriles is 1. The summed E-state index contributed by atoms with van der Waals surface area (Å²) in [5.74, 6) is 0. The average molecular weight is 322 g/mol. The van der Waals surface area contributed by atoms with Crippen LogP contribution in [0.5, 0.6) is 0 Å². The van der Waals surface area contributed by atoms with Gasteiger partial charge in [0.25, 0.3) is 0 Å². The lowest BCUT2D eigenvalue weighted by molar-refractivity contribution is 0.336. The van der Waals surface area contributed by atoms with E-state index in [4.69, 9.17) is 9.55 Å². The lowest BCUT2D eigenvalue weighted by Gasteiger charge is -2.06. The molecule has 0 saturated heterocycles. The molecule has 1 aromatic rings. The molecule has 22 heavy (non-hydrogen) atoms. The molecule has 0 spiro atoms. The summed E-state index contributed by atoms with van der Waals surface area (Å²) < 4.78 is 28.9. The molecule has 0 unspecified atom stereocenters. The maximum Gasteiger partial charge on any atom is 0.358 e. The summed E-state index contributed by atoms with van der Waals surface area (Å²) in [6, 6.07) is 10.1. The second-order valence-electron chi connectivity index (χ2n) is 4.97. The molecule has 0 radical (unpaired) electrons. The maximum atomic E-state index is 12.0. The van der Waals surface area contributed by atoms with Crippen LogP contribution in [0.2, 0.25) is 0 Å². The number of benzene rings is 1. The third-order valence-electron chi connectivity index (χ3n) is 3.12. The zero-order valence-electron chi connectivity index (χ0n) is 12.9. The monoisotopic (exact) mass is 322 g/mol. The van der Waals surface area contributed by atoms with E-state index in [9.17, 15) is 8.42 Å². The van der Waals surface area contributed by atoms with Crippen LogP contribution >= 0.6 is 0 Å². The lowest BCUT2D eigenvalue weighted by Crippen LogP contribution is -2.06. The molecule has 1 aromatic carbocycles. The number of hydrogen-bond acceptors (Lipinski definition) is 5. The molecule has 5 nitrogen and oxygen atoms in total. The summed E-state index contributed by atoms with van der Waals surface area (Å²) in [6.45, 7) is 2.06. The summed E-state index contributed by atoms with van der Waals surface area (Å²) in [4.78, 5) is 0.0954. The van der Waals surface area contributed by atoms with E-state index < -0.39 is 10.1 Å². The first-order chi connectivity index (χ1) is 10.6. The van der Waals surface area contributed by atoms with Crippen LogP contribution in [-0.2, 0) is 14.4 Å². The van der Waals surface area contributed by atoms with Gasteiger partial charge in [-0.3, -0.25) is 4.28 Å². The van der Waals surface area contributed by atoms with Crippen LogP contribution in [0.3, 0.4) is 0 Å². The van der Waals surface area contributed by atoms with Gasteiger partial charge in [-0.2, -0.15) is 13.7 Å². The van der Waals surface area contributed by atoms with Gasteiger partial charge in [-0.05, 0) is 44.2 Å². The van der Waals surface area contributed by atoms with Gasteiger partial charge in [-0.15, -0.1) is 0 Å². The van der Waals surface area contributed by atoms with Gasteiger partial charge in [-0.25, -0.2) is 0 Å². The topological polar surface area (TPSA) is 79.5 Å². The predicted octanol–water partition coefficient (Wildman–Crippen LogP) is 4.02. The molecule has 0 atom stereocenters. The van der Waals surface area contributed by atoms with Crippen molar-refractivity contribution in [3.63, 3.8) is 0 Å². The Morgan fingerprint density at radius 3 is 2.50 bits per heavy atom. The van der Waals surface area contributed by atoms with Crippen LogP contribution in [0, 0.1) is 11.3 Å². The van der Waals surface area contributed by atoms with Crippen molar-refractivity contribution < 1.29 is 12.7 Å². The Labute approximate surface area is 132 Å². The van der Waals surface area contributed by atoms with Crippen molar-refractivity contribution in [3.8, 4) is 6.07 Å². The Morgan fingerprint density at radius 2 is 1.86 bits per heavy atom. The van der Waals surface area contributed by atoms with Crippen molar-refractivity contribution >= 4 is 15.8 Å². The van der Waals surface area contributed by atoms with Crippen LogP contribution in [0.15, 0.2) is 40.4 Å². The van der Waals surface area contributed by atoms with Gasteiger partial charge in [-0.1, -0.05) is 36.7 Å². The van der Waals surface area contributed by atoms with Crippen LogP contribution < -0.4 is 0 Å². The van der Waals surface area contributed by atoms with E-state index >= 15 is 0 Å². The molecule has 0 N–H and O–H groups in total. The van der Waals surface area contributed by atoms with E-state index in [1.807, 2.05) is 0 Å². The van der Waals surface area contributed by atoms with E-state index in [0.717, 1.165) is 31.4 Å². The summed E-state index contributed by atoms with van der Waals surface area (Å²) in [5, 5.41) is 12.4. The fraction of sp³-hybridized carbons (Fsp3) is 0.500. The van der Waals surface area contributed by atoms with Crippen LogP contribution in [0.4, 0.5) is 0 Å². The molecule has 0 aliphatic carbocycles. The molecule has 1 rings (SSSR count). The molecule has 0 amide bonds. The molecule has 6 heteroatoms. The number of rotatable bonds is 10. The standard InChI is InChI=1S/C16H22N2O3S/c1-2-3-10-15(11-6-5-9-14-17)18-21-22(19,20)16-12-7-4-8-13-16/h4,7-8,12-13H,2-3,5-6,9-11H2,1H3/b18-15+. The van der Waals surface area contributed by atoms with Crippen molar-refractivity contribution in [2.45, 2.75) is 56.8 Å². The predicted molar refractivity (Wildman–Crippen MR) is 85.8 cm³/mol. The number of oxime groups is 1. The summed E-state index contributed by atoms with van der Waals surface area (Å²) >= 11 is 0. The van der Waals surface area contributed by atoms with E-state index in [1.54, 1.807) is 18.2 Å². The summed E-state index contributed by atoms with van der Waals surface area (Å²) in [7, 11) is -3.86. The molecular formula is C16H22N2O3S. The van der Waals surface area contributed by atoms with E-state index in [2.05, 4.69) is 18.1 Å². The number of unbranched alkanes of at least 4 members (excludes halogenated alkanes) is 3. The normalized spacial score (nSPS) is 11.9. The molecule has 0 aliphatic rings. The highest BCUT2D eigenvalue weighted by Gasteiger charge is 2.15. The molecular weight excluding hydrogens is 300 g/mol. The second kappa shape index (κ2) is 9.96. The highest BCUT2D eigenvalue weighted by atomic mass is 32.2. The van der Waals surface area contributed by atoms with E-state index in [0.29, 0.717) is 19.3 Å². The SMILES string of the molecule is CCCC/C(CCCCC#N)=N\OS(=O)(=O)c1ccccc1. The van der Waals surface area contributed by atoms with Crippen LogP contribution in [0.1, 0.15) is 51.9 Å². The second-order valence-corrected chi connectivity index (χ2v) is 6.50. The average Bonchev–Trinajstić information content (AvgIpc) is 2.54. The van der Waals surface area contributed by atoms with Gasteiger partial charge < -0.3 is 0 Å². The van der Waals surface area contributed by atoms with Gasteiger partial charge in [0.1, 0.15) is 4.90 Å². The molecule has 0 aliphatic heterocycles. The van der Waals surface area contributed by atoms with Crippen molar-refractivity contribution in [2.75, 3.05) is 0 Å². The zero-order valence-corrected chi connectivity index (χ0v) is 13.7. The molecule has 0 fully saturated rings. The van der Waals surface area contributed by atoms with Gasteiger partial charge in [0.2, 0.25) is 0 Å². The fourth-order valence-corrected chi connectivity index (χ4v) is 2.64. The first-order valence-electron chi connectivity index (χ1n) is 7.51. The first kappa shape index (κ1) is 18.2. The molecule has 0 bridgehead atoms. The number of nitrogens with zero attached hydrogens (tertiary/aromatic N) is 2. The quantitative estimate of drug-likeness (QED) is 0.370. The minimum atomic E-state index is -3.86. The Hall–Kier alpha value is -1.87. The molecule has 0 aromatic heterocycles. The Kier molecular flexibility index (Phi) is 8.23. The molecule has 120 valence electrons. The van der Waals surface area contributed by atoms with Crippen LogP contribution in [-0.4, -0.2) is 14.1 Å². The highest BCUT2D eigenvalue weighted by Crippen LogP contribution is 2.14. The maximum absolute atomic E-state index is 12.0. The molecule has 0 saturated carbocycles. The smallest absolute Gasteiger partial charge is 0.265 e. The summed E-state index contributed by atoms with van der Waals surface area (Å²) in [5.41, 5.74) is 0.735. The van der Waals surface area contributed by atoms with Crippen molar-refractivity contribution in [1.29, 1.82) is 5.26 Å². The Bertz CT molecular complexity index is 604. The van der Waals surface area contributed by atoms with Gasteiger partial charge >= 0.3 is 10.1 Å². The van der Waals surface area contributed by atoms with Gasteiger partial charge in [0.15, 0.2) is 0 Å². The minimum absolute atomic E-state index is 0.0954. The largest absolute Gasteiger partial charge is 0.358 e.